The number of amides is 1. The van der Waals surface area contributed by atoms with Crippen LogP contribution in [0.5, 0.6) is 0 Å². The van der Waals surface area contributed by atoms with Crippen molar-refractivity contribution in [2.75, 3.05) is 0 Å². The molecular weight excluding hydrogens is 206 g/mol. The molecule has 1 aromatic rings. The summed E-state index contributed by atoms with van der Waals surface area (Å²) in [6.07, 6.45) is 0.0579. The number of rotatable bonds is 3. The summed E-state index contributed by atoms with van der Waals surface area (Å²) in [5.41, 5.74) is 1.12. The summed E-state index contributed by atoms with van der Waals surface area (Å²) >= 11 is 0. The van der Waals surface area contributed by atoms with Gasteiger partial charge in [-0.25, -0.2) is 0 Å². The third kappa shape index (κ3) is 2.21. The largest absolute Gasteiger partial charge is 0.450 e. The Morgan fingerprint density at radius 3 is 2.62 bits per heavy atom. The molecule has 0 spiro atoms. The number of carbonyl (C=O) groups excluding carboxylic acids is 2. The van der Waals surface area contributed by atoms with Crippen molar-refractivity contribution >= 4 is 11.9 Å². The molecule has 2 rings (SSSR count). The summed E-state index contributed by atoms with van der Waals surface area (Å²) < 4.78 is 4.93. The highest BCUT2D eigenvalue weighted by Crippen LogP contribution is 2.16. The Labute approximate surface area is 93.6 Å². The van der Waals surface area contributed by atoms with Crippen molar-refractivity contribution in [1.82, 2.24) is 5.32 Å². The fourth-order valence-corrected chi connectivity index (χ4v) is 1.77. The second-order valence-electron chi connectivity index (χ2n) is 3.83. The van der Waals surface area contributed by atoms with Gasteiger partial charge in [0.2, 0.25) is 0 Å². The van der Waals surface area contributed by atoms with Gasteiger partial charge in [0.15, 0.2) is 6.10 Å². The first-order valence-corrected chi connectivity index (χ1v) is 5.18. The minimum Gasteiger partial charge on any atom is -0.450 e. The molecule has 16 heavy (non-hydrogen) atoms. The van der Waals surface area contributed by atoms with E-state index >= 15 is 0 Å². The average molecular weight is 219 g/mol. The number of benzene rings is 1. The number of hydrogen-bond donors (Lipinski definition) is 1. The summed E-state index contributed by atoms with van der Waals surface area (Å²) in [4.78, 5) is 22.0. The zero-order chi connectivity index (χ0) is 11.5. The van der Waals surface area contributed by atoms with Crippen LogP contribution in [0.2, 0.25) is 0 Å². The molecule has 1 saturated heterocycles. The van der Waals surface area contributed by atoms with Gasteiger partial charge in [-0.05, 0) is 12.0 Å². The van der Waals surface area contributed by atoms with Crippen molar-refractivity contribution < 1.29 is 14.3 Å². The molecule has 0 saturated carbocycles. The van der Waals surface area contributed by atoms with Crippen molar-refractivity contribution in [3.8, 4) is 0 Å². The third-order valence-corrected chi connectivity index (χ3v) is 2.54. The summed E-state index contributed by atoms with van der Waals surface area (Å²) in [6.45, 7) is 1.31. The Balaban J connectivity index is 1.96. The maximum atomic E-state index is 11.2. The smallest absolute Gasteiger partial charge is 0.303 e. The van der Waals surface area contributed by atoms with E-state index in [1.54, 1.807) is 0 Å². The summed E-state index contributed by atoms with van der Waals surface area (Å²) in [6, 6.07) is 9.68. The van der Waals surface area contributed by atoms with E-state index in [2.05, 4.69) is 5.32 Å². The van der Waals surface area contributed by atoms with Crippen molar-refractivity contribution in [3.05, 3.63) is 35.9 Å². The molecule has 1 heterocycles. The first kappa shape index (κ1) is 10.7. The molecule has 0 bridgehead atoms. The summed E-state index contributed by atoms with van der Waals surface area (Å²) in [7, 11) is 0. The molecule has 84 valence electrons. The molecule has 1 fully saturated rings. The Morgan fingerprint density at radius 1 is 1.38 bits per heavy atom. The van der Waals surface area contributed by atoms with E-state index in [1.807, 2.05) is 30.3 Å². The van der Waals surface area contributed by atoms with E-state index in [4.69, 9.17) is 4.74 Å². The Bertz CT molecular complexity index is 402. The maximum absolute atomic E-state index is 11.2. The molecule has 1 N–H and O–H groups in total. The first-order valence-electron chi connectivity index (χ1n) is 5.18. The van der Waals surface area contributed by atoms with Crippen LogP contribution in [0.4, 0.5) is 0 Å². The molecule has 0 radical (unpaired) electrons. The zero-order valence-corrected chi connectivity index (χ0v) is 8.97. The van der Waals surface area contributed by atoms with Gasteiger partial charge in [0.1, 0.15) is 0 Å². The maximum Gasteiger partial charge on any atom is 0.303 e. The van der Waals surface area contributed by atoms with Gasteiger partial charge in [0.25, 0.3) is 5.91 Å². The second-order valence-corrected chi connectivity index (χ2v) is 3.83. The van der Waals surface area contributed by atoms with E-state index in [-0.39, 0.29) is 11.9 Å². The van der Waals surface area contributed by atoms with Gasteiger partial charge in [-0.1, -0.05) is 30.3 Å². The lowest BCUT2D eigenvalue weighted by atomic mass is 9.94. The lowest BCUT2D eigenvalue weighted by Gasteiger charge is -2.35. The molecule has 0 aliphatic carbocycles. The Hall–Kier alpha value is -1.84. The summed E-state index contributed by atoms with van der Waals surface area (Å²) in [5.74, 6) is -0.631. The number of ether oxygens (including phenoxy) is 1. The Morgan fingerprint density at radius 2 is 2.06 bits per heavy atom. The zero-order valence-electron chi connectivity index (χ0n) is 8.97. The van der Waals surface area contributed by atoms with Crippen LogP contribution in [0.1, 0.15) is 12.5 Å². The van der Waals surface area contributed by atoms with E-state index in [0.29, 0.717) is 6.42 Å². The molecule has 1 aliphatic rings. The van der Waals surface area contributed by atoms with Gasteiger partial charge in [-0.3, -0.25) is 9.59 Å². The SMILES string of the molecule is CC(=O)O[C@@H]1C(=O)N[C@H]1Cc1ccccc1. The van der Waals surface area contributed by atoms with E-state index < -0.39 is 12.1 Å². The molecule has 1 amide bonds. The molecule has 4 heteroatoms. The van der Waals surface area contributed by atoms with Crippen molar-refractivity contribution in [3.63, 3.8) is 0 Å². The number of esters is 1. The summed E-state index contributed by atoms with van der Waals surface area (Å²) in [5, 5.41) is 2.73. The predicted molar refractivity (Wildman–Crippen MR) is 57.6 cm³/mol. The average Bonchev–Trinajstić information content (AvgIpc) is 2.27. The Kier molecular flexibility index (Phi) is 2.90. The van der Waals surface area contributed by atoms with Crippen LogP contribution in [0.15, 0.2) is 30.3 Å². The molecule has 2 atom stereocenters. The van der Waals surface area contributed by atoms with E-state index in [0.717, 1.165) is 5.56 Å². The van der Waals surface area contributed by atoms with Crippen LogP contribution >= 0.6 is 0 Å². The van der Waals surface area contributed by atoms with Crippen LogP contribution in [0.25, 0.3) is 0 Å². The third-order valence-electron chi connectivity index (χ3n) is 2.54. The van der Waals surface area contributed by atoms with Gasteiger partial charge in [0.05, 0.1) is 6.04 Å². The number of nitrogens with one attached hydrogen (secondary N) is 1. The quantitative estimate of drug-likeness (QED) is 0.600. The van der Waals surface area contributed by atoms with Gasteiger partial charge in [0, 0.05) is 6.92 Å². The van der Waals surface area contributed by atoms with Crippen LogP contribution in [-0.2, 0) is 20.7 Å². The van der Waals surface area contributed by atoms with Gasteiger partial charge in [-0.15, -0.1) is 0 Å². The lowest BCUT2D eigenvalue weighted by Crippen LogP contribution is -2.64. The van der Waals surface area contributed by atoms with Crippen LogP contribution in [-0.4, -0.2) is 24.0 Å². The normalized spacial score (nSPS) is 23.2. The van der Waals surface area contributed by atoms with Crippen molar-refractivity contribution in [1.29, 1.82) is 0 Å². The van der Waals surface area contributed by atoms with Crippen molar-refractivity contribution in [2.45, 2.75) is 25.5 Å². The number of β-lactam (4-membered cyclic amide) rings is 1. The van der Waals surface area contributed by atoms with Crippen LogP contribution in [0.3, 0.4) is 0 Å². The predicted octanol–water partition coefficient (Wildman–Crippen LogP) is 0.659. The fraction of sp³-hybridized carbons (Fsp3) is 0.333. The minimum atomic E-state index is -0.627. The highest BCUT2D eigenvalue weighted by Gasteiger charge is 2.41. The fourth-order valence-electron chi connectivity index (χ4n) is 1.77. The van der Waals surface area contributed by atoms with Crippen molar-refractivity contribution in [2.24, 2.45) is 0 Å². The molecule has 4 nitrogen and oxygen atoms in total. The molecular formula is C12H13NO3. The topological polar surface area (TPSA) is 55.4 Å². The molecule has 0 unspecified atom stereocenters. The molecule has 0 aromatic heterocycles. The second kappa shape index (κ2) is 4.35. The van der Waals surface area contributed by atoms with E-state index in [9.17, 15) is 9.59 Å². The van der Waals surface area contributed by atoms with E-state index in [1.165, 1.54) is 6.92 Å². The number of hydrogen-bond acceptors (Lipinski definition) is 3. The highest BCUT2D eigenvalue weighted by atomic mass is 16.6. The molecule has 1 aliphatic heterocycles. The highest BCUT2D eigenvalue weighted by molar-refractivity contribution is 5.90. The van der Waals surface area contributed by atoms with Gasteiger partial charge >= 0.3 is 5.97 Å². The first-order chi connectivity index (χ1) is 7.66. The van der Waals surface area contributed by atoms with Crippen LogP contribution < -0.4 is 5.32 Å². The minimum absolute atomic E-state index is 0.0983. The standard InChI is InChI=1S/C12H13NO3/c1-8(14)16-11-10(13-12(11)15)7-9-5-3-2-4-6-9/h2-6,10-11H,7H2,1H3,(H,13,15)/t10-,11-/m0/s1. The molecule has 1 aromatic carbocycles. The van der Waals surface area contributed by atoms with Gasteiger partial charge in [-0.2, -0.15) is 0 Å². The van der Waals surface area contributed by atoms with Crippen LogP contribution in [0, 0.1) is 0 Å². The van der Waals surface area contributed by atoms with Gasteiger partial charge < -0.3 is 10.1 Å². The lowest BCUT2D eigenvalue weighted by molar-refractivity contribution is -0.164. The monoisotopic (exact) mass is 219 g/mol. The number of carbonyl (C=O) groups is 2.